The Morgan fingerprint density at radius 2 is 1.96 bits per heavy atom. The molecule has 0 aliphatic carbocycles. The summed E-state index contributed by atoms with van der Waals surface area (Å²) in [6, 6.07) is 1.76. The fourth-order valence-corrected chi connectivity index (χ4v) is 4.15. The first-order valence-corrected chi connectivity index (χ1v) is 9.27. The Morgan fingerprint density at radius 3 is 2.58 bits per heavy atom. The van der Waals surface area contributed by atoms with Gasteiger partial charge in [0.05, 0.1) is 32.2 Å². The Kier molecular flexibility index (Phi) is 4.89. The van der Waals surface area contributed by atoms with Crippen molar-refractivity contribution >= 4 is 44.5 Å². The molecule has 0 saturated carbocycles. The van der Waals surface area contributed by atoms with Gasteiger partial charge in [-0.05, 0) is 26.0 Å². The fraction of sp³-hybridized carbons (Fsp3) is 0.312. The molecule has 10 heteroatoms. The molecule has 3 aromatic rings. The molecule has 2 heterocycles. The van der Waals surface area contributed by atoms with Gasteiger partial charge in [0, 0.05) is 17.8 Å². The van der Waals surface area contributed by atoms with Crippen molar-refractivity contribution in [2.75, 3.05) is 12.3 Å². The normalized spacial score (nSPS) is 11.9. The quantitative estimate of drug-likeness (QED) is 0.650. The van der Waals surface area contributed by atoms with Crippen molar-refractivity contribution in [1.82, 2.24) is 15.3 Å². The monoisotopic (exact) mass is 400 g/mol. The number of aromatic nitrogens is 2. The maximum absolute atomic E-state index is 12.9. The van der Waals surface area contributed by atoms with Crippen LogP contribution in [0.25, 0.3) is 10.2 Å². The lowest BCUT2D eigenvalue weighted by Gasteiger charge is -2.07. The van der Waals surface area contributed by atoms with E-state index in [1.54, 1.807) is 11.3 Å². The first-order valence-electron chi connectivity index (χ1n) is 7.63. The zero-order chi connectivity index (χ0) is 19.1. The van der Waals surface area contributed by atoms with Gasteiger partial charge < -0.3 is 11.1 Å². The molecule has 0 bridgehead atoms. The molecular weight excluding hydrogens is 385 g/mol. The second-order valence-electron chi connectivity index (χ2n) is 5.69. The molecule has 1 aromatic carbocycles. The van der Waals surface area contributed by atoms with Gasteiger partial charge in [0.15, 0.2) is 5.01 Å². The molecule has 3 rings (SSSR count). The van der Waals surface area contributed by atoms with Crippen LogP contribution in [0, 0.1) is 13.8 Å². The Hall–Kier alpha value is -2.20. The predicted octanol–water partition coefficient (Wildman–Crippen LogP) is 3.94. The lowest BCUT2D eigenvalue weighted by molar-refractivity contribution is -0.137. The summed E-state index contributed by atoms with van der Waals surface area (Å²) in [4.78, 5) is 21.8. The van der Waals surface area contributed by atoms with Crippen LogP contribution in [0.3, 0.4) is 0 Å². The van der Waals surface area contributed by atoms with Gasteiger partial charge in [-0.3, -0.25) is 4.79 Å². The molecule has 1 amide bonds. The van der Waals surface area contributed by atoms with Crippen molar-refractivity contribution in [3.05, 3.63) is 38.3 Å². The number of amides is 1. The second kappa shape index (κ2) is 6.84. The number of rotatable bonds is 4. The summed E-state index contributed by atoms with van der Waals surface area (Å²) in [5, 5.41) is 3.72. The molecule has 2 aromatic heterocycles. The third kappa shape index (κ3) is 3.80. The number of aryl methyl sites for hydroxylation is 2. The van der Waals surface area contributed by atoms with Crippen molar-refractivity contribution < 1.29 is 18.0 Å². The summed E-state index contributed by atoms with van der Waals surface area (Å²) in [6.07, 6.45) is -3.94. The van der Waals surface area contributed by atoms with Crippen LogP contribution in [0.5, 0.6) is 0 Å². The van der Waals surface area contributed by atoms with Gasteiger partial charge in [-0.1, -0.05) is 0 Å². The van der Waals surface area contributed by atoms with Gasteiger partial charge in [0.25, 0.3) is 5.91 Å². The van der Waals surface area contributed by atoms with Gasteiger partial charge in [0.1, 0.15) is 0 Å². The molecular formula is C16H15F3N4OS2. The summed E-state index contributed by atoms with van der Waals surface area (Å²) in [6.45, 7) is 4.27. The highest BCUT2D eigenvalue weighted by molar-refractivity contribution is 7.20. The van der Waals surface area contributed by atoms with Crippen LogP contribution in [0.15, 0.2) is 12.1 Å². The molecule has 0 unspecified atom stereocenters. The summed E-state index contributed by atoms with van der Waals surface area (Å²) in [5.74, 6) is -0.441. The van der Waals surface area contributed by atoms with Crippen molar-refractivity contribution in [2.24, 2.45) is 0 Å². The number of carbonyl (C=O) groups is 1. The van der Waals surface area contributed by atoms with E-state index in [1.807, 2.05) is 13.8 Å². The number of carbonyl (C=O) groups excluding carboxylic acids is 1. The van der Waals surface area contributed by atoms with Crippen LogP contribution in [0.1, 0.15) is 30.9 Å². The fourth-order valence-electron chi connectivity index (χ4n) is 2.32. The van der Waals surface area contributed by atoms with Gasteiger partial charge >= 0.3 is 6.18 Å². The predicted molar refractivity (Wildman–Crippen MR) is 96.7 cm³/mol. The molecule has 0 saturated heterocycles. The third-order valence-electron chi connectivity index (χ3n) is 3.74. The number of hydrogen-bond acceptors (Lipinski definition) is 6. The average molecular weight is 400 g/mol. The molecule has 138 valence electrons. The lowest BCUT2D eigenvalue weighted by Crippen LogP contribution is -2.25. The number of nitrogens with one attached hydrogen (secondary N) is 1. The van der Waals surface area contributed by atoms with E-state index in [0.717, 1.165) is 39.0 Å². The topological polar surface area (TPSA) is 80.9 Å². The maximum atomic E-state index is 12.9. The van der Waals surface area contributed by atoms with Crippen LogP contribution in [0.2, 0.25) is 0 Å². The molecule has 0 aliphatic rings. The number of halogens is 3. The number of benzene rings is 1. The first-order chi connectivity index (χ1) is 12.1. The minimum absolute atomic E-state index is 0.0416. The van der Waals surface area contributed by atoms with Crippen LogP contribution >= 0.6 is 22.7 Å². The van der Waals surface area contributed by atoms with Crippen LogP contribution in [0.4, 0.5) is 18.9 Å². The van der Waals surface area contributed by atoms with Gasteiger partial charge in [0.2, 0.25) is 0 Å². The Bertz CT molecular complexity index is 958. The van der Waals surface area contributed by atoms with Crippen LogP contribution < -0.4 is 11.1 Å². The van der Waals surface area contributed by atoms with Crippen molar-refractivity contribution in [3.8, 4) is 0 Å². The minimum atomic E-state index is -4.52. The van der Waals surface area contributed by atoms with E-state index in [4.69, 9.17) is 5.73 Å². The zero-order valence-electron chi connectivity index (χ0n) is 13.9. The van der Waals surface area contributed by atoms with E-state index in [-0.39, 0.29) is 16.2 Å². The van der Waals surface area contributed by atoms with E-state index in [2.05, 4.69) is 15.3 Å². The molecule has 5 nitrogen and oxygen atoms in total. The summed E-state index contributed by atoms with van der Waals surface area (Å²) < 4.78 is 38.9. The van der Waals surface area contributed by atoms with Crippen LogP contribution in [-0.2, 0) is 12.6 Å². The van der Waals surface area contributed by atoms with Crippen molar-refractivity contribution in [2.45, 2.75) is 26.4 Å². The SMILES string of the molecule is Cc1nc(CCNC(=O)c2nc3cc(C(F)(F)F)cc(N)c3s2)sc1C. The number of nitrogen functional groups attached to an aromatic ring is 1. The molecule has 3 N–H and O–H groups in total. The summed E-state index contributed by atoms with van der Waals surface area (Å²) >= 11 is 2.55. The molecule has 0 fully saturated rings. The smallest absolute Gasteiger partial charge is 0.398 e. The van der Waals surface area contributed by atoms with Gasteiger partial charge in [-0.15, -0.1) is 22.7 Å². The van der Waals surface area contributed by atoms with E-state index < -0.39 is 17.6 Å². The Balaban J connectivity index is 1.73. The molecule has 0 atom stereocenters. The summed E-state index contributed by atoms with van der Waals surface area (Å²) in [7, 11) is 0. The zero-order valence-corrected chi connectivity index (χ0v) is 15.5. The minimum Gasteiger partial charge on any atom is -0.398 e. The number of alkyl halides is 3. The van der Waals surface area contributed by atoms with E-state index >= 15 is 0 Å². The van der Waals surface area contributed by atoms with Crippen molar-refractivity contribution in [1.29, 1.82) is 0 Å². The number of thiazole rings is 2. The molecule has 0 spiro atoms. The van der Waals surface area contributed by atoms with E-state index in [0.29, 0.717) is 17.7 Å². The average Bonchev–Trinajstić information content (AvgIpc) is 3.10. The number of nitrogens with zero attached hydrogens (tertiary/aromatic N) is 2. The molecule has 0 radical (unpaired) electrons. The maximum Gasteiger partial charge on any atom is 0.416 e. The highest BCUT2D eigenvalue weighted by Crippen LogP contribution is 2.36. The Morgan fingerprint density at radius 1 is 1.23 bits per heavy atom. The highest BCUT2D eigenvalue weighted by atomic mass is 32.1. The number of anilines is 1. The third-order valence-corrected chi connectivity index (χ3v) is 5.99. The number of fused-ring (bicyclic) bond motifs is 1. The molecule has 0 aliphatic heterocycles. The summed E-state index contributed by atoms with van der Waals surface area (Å²) in [5.41, 5.74) is 5.81. The van der Waals surface area contributed by atoms with Gasteiger partial charge in [-0.2, -0.15) is 13.2 Å². The first kappa shape index (κ1) is 18.6. The van der Waals surface area contributed by atoms with Gasteiger partial charge in [-0.25, -0.2) is 9.97 Å². The van der Waals surface area contributed by atoms with E-state index in [9.17, 15) is 18.0 Å². The van der Waals surface area contributed by atoms with E-state index in [1.165, 1.54) is 0 Å². The highest BCUT2D eigenvalue weighted by Gasteiger charge is 2.32. The number of hydrogen-bond donors (Lipinski definition) is 2. The lowest BCUT2D eigenvalue weighted by atomic mass is 10.2. The largest absolute Gasteiger partial charge is 0.416 e. The standard InChI is InChI=1S/C16H15F3N4OS2/c1-7-8(2)25-12(22-7)3-4-21-14(24)15-23-11-6-9(16(17,18)19)5-10(20)13(11)26-15/h5-6H,3-4,20H2,1-2H3,(H,21,24). The van der Waals surface area contributed by atoms with Crippen molar-refractivity contribution in [3.63, 3.8) is 0 Å². The Labute approximate surface area is 155 Å². The second-order valence-corrected chi connectivity index (χ2v) is 7.97. The molecule has 26 heavy (non-hydrogen) atoms. The van der Waals surface area contributed by atoms with Crippen LogP contribution in [-0.4, -0.2) is 22.4 Å². The number of nitrogens with two attached hydrogens (primary N) is 1.